The van der Waals surface area contributed by atoms with E-state index >= 15 is 0 Å². The van der Waals surface area contributed by atoms with Crippen LogP contribution in [0.5, 0.6) is 0 Å². The zero-order valence-corrected chi connectivity index (χ0v) is 11.9. The van der Waals surface area contributed by atoms with Crippen LogP contribution in [0, 0.1) is 0 Å². The van der Waals surface area contributed by atoms with Crippen molar-refractivity contribution in [1.82, 2.24) is 20.2 Å². The molecule has 0 bridgehead atoms. The molecule has 1 N–H and O–H groups in total. The van der Waals surface area contributed by atoms with Crippen LogP contribution in [0.2, 0.25) is 0 Å². The van der Waals surface area contributed by atoms with E-state index in [0.29, 0.717) is 0 Å². The van der Waals surface area contributed by atoms with Gasteiger partial charge in [-0.15, -0.1) is 0 Å². The van der Waals surface area contributed by atoms with Gasteiger partial charge in [-0.05, 0) is 28.9 Å². The molecule has 2 saturated heterocycles. The summed E-state index contributed by atoms with van der Waals surface area (Å²) >= 11 is 3.37. The molecule has 0 radical (unpaired) electrons. The van der Waals surface area contributed by atoms with E-state index in [1.54, 1.807) is 0 Å². The molecule has 0 saturated carbocycles. The lowest BCUT2D eigenvalue weighted by Crippen LogP contribution is -2.51. The van der Waals surface area contributed by atoms with E-state index < -0.39 is 0 Å². The van der Waals surface area contributed by atoms with Gasteiger partial charge in [0.25, 0.3) is 0 Å². The number of rotatable bonds is 2. The van der Waals surface area contributed by atoms with Gasteiger partial charge >= 0.3 is 0 Å². The summed E-state index contributed by atoms with van der Waals surface area (Å²) in [7, 11) is 0. The van der Waals surface area contributed by atoms with E-state index in [2.05, 4.69) is 41.0 Å². The second-order valence-electron chi connectivity index (χ2n) is 4.87. The number of hydrogen-bond donors (Lipinski definition) is 1. The van der Waals surface area contributed by atoms with Crippen molar-refractivity contribution in [3.05, 3.63) is 16.9 Å². The lowest BCUT2D eigenvalue weighted by atomic mass is 10.2. The molecular formula is C12H18BrN5. The zero-order valence-electron chi connectivity index (χ0n) is 10.3. The molecule has 1 aromatic heterocycles. The third-order valence-corrected chi connectivity index (χ3v) is 4.16. The number of aromatic nitrogens is 2. The number of piperazine rings is 1. The minimum Gasteiger partial charge on any atom is -0.338 e. The summed E-state index contributed by atoms with van der Waals surface area (Å²) in [6.45, 7) is 6.60. The quantitative estimate of drug-likeness (QED) is 0.872. The van der Waals surface area contributed by atoms with Crippen LogP contribution in [0.1, 0.15) is 6.42 Å². The molecule has 2 aliphatic heterocycles. The Morgan fingerprint density at radius 3 is 2.50 bits per heavy atom. The fourth-order valence-electron chi connectivity index (χ4n) is 2.71. The SMILES string of the molecule is Brc1cnc(N2CCN(C3CCNC3)CC2)nc1. The highest BCUT2D eigenvalue weighted by molar-refractivity contribution is 9.10. The molecule has 1 unspecified atom stereocenters. The predicted octanol–water partition coefficient (Wildman–Crippen LogP) is 0.723. The van der Waals surface area contributed by atoms with Gasteiger partial charge in [0, 0.05) is 51.2 Å². The first-order valence-electron chi connectivity index (χ1n) is 6.50. The Balaban J connectivity index is 1.57. The van der Waals surface area contributed by atoms with Gasteiger partial charge in [0.05, 0.1) is 4.47 Å². The Hall–Kier alpha value is -0.720. The van der Waals surface area contributed by atoms with Crippen LogP contribution >= 0.6 is 15.9 Å². The average molecular weight is 312 g/mol. The van der Waals surface area contributed by atoms with E-state index in [0.717, 1.165) is 49.2 Å². The number of anilines is 1. The Kier molecular flexibility index (Phi) is 3.77. The van der Waals surface area contributed by atoms with Crippen LogP contribution in [0.3, 0.4) is 0 Å². The number of nitrogens with zero attached hydrogens (tertiary/aromatic N) is 4. The molecule has 3 heterocycles. The van der Waals surface area contributed by atoms with Gasteiger partial charge in [-0.3, -0.25) is 4.90 Å². The van der Waals surface area contributed by atoms with Crippen molar-refractivity contribution >= 4 is 21.9 Å². The normalized spacial score (nSPS) is 25.6. The highest BCUT2D eigenvalue weighted by Gasteiger charge is 2.26. The molecule has 3 rings (SSSR count). The minimum atomic E-state index is 0.734. The van der Waals surface area contributed by atoms with Crippen molar-refractivity contribution in [2.45, 2.75) is 12.5 Å². The van der Waals surface area contributed by atoms with Gasteiger partial charge < -0.3 is 10.2 Å². The van der Waals surface area contributed by atoms with Crippen LogP contribution in [-0.4, -0.2) is 60.2 Å². The molecule has 2 aliphatic rings. The second-order valence-corrected chi connectivity index (χ2v) is 5.79. The Morgan fingerprint density at radius 2 is 1.89 bits per heavy atom. The van der Waals surface area contributed by atoms with Crippen LogP contribution < -0.4 is 10.2 Å². The maximum Gasteiger partial charge on any atom is 0.225 e. The van der Waals surface area contributed by atoms with E-state index in [9.17, 15) is 0 Å². The fraction of sp³-hybridized carbons (Fsp3) is 0.667. The van der Waals surface area contributed by atoms with Crippen molar-refractivity contribution in [2.75, 3.05) is 44.2 Å². The van der Waals surface area contributed by atoms with Crippen molar-refractivity contribution < 1.29 is 0 Å². The first kappa shape index (κ1) is 12.3. The van der Waals surface area contributed by atoms with Crippen LogP contribution in [0.25, 0.3) is 0 Å². The first-order chi connectivity index (χ1) is 8.83. The summed E-state index contributed by atoms with van der Waals surface area (Å²) in [5, 5.41) is 3.43. The lowest BCUT2D eigenvalue weighted by Gasteiger charge is -2.37. The van der Waals surface area contributed by atoms with E-state index in [4.69, 9.17) is 0 Å². The molecule has 0 aromatic carbocycles. The number of nitrogens with one attached hydrogen (secondary N) is 1. The van der Waals surface area contributed by atoms with Crippen molar-refractivity contribution in [3.8, 4) is 0 Å². The first-order valence-corrected chi connectivity index (χ1v) is 7.29. The molecule has 98 valence electrons. The van der Waals surface area contributed by atoms with Crippen molar-refractivity contribution in [1.29, 1.82) is 0 Å². The van der Waals surface area contributed by atoms with Crippen molar-refractivity contribution in [2.24, 2.45) is 0 Å². The minimum absolute atomic E-state index is 0.734. The summed E-state index contributed by atoms with van der Waals surface area (Å²) in [5.74, 6) is 0.849. The summed E-state index contributed by atoms with van der Waals surface area (Å²) in [4.78, 5) is 13.6. The molecule has 1 atom stereocenters. The molecule has 18 heavy (non-hydrogen) atoms. The van der Waals surface area contributed by atoms with Crippen LogP contribution in [-0.2, 0) is 0 Å². The fourth-order valence-corrected chi connectivity index (χ4v) is 2.91. The predicted molar refractivity (Wildman–Crippen MR) is 74.8 cm³/mol. The molecule has 2 fully saturated rings. The summed E-state index contributed by atoms with van der Waals surface area (Å²) in [6, 6.07) is 0.734. The van der Waals surface area contributed by atoms with Crippen LogP contribution in [0.4, 0.5) is 5.95 Å². The Bertz CT molecular complexity index is 382. The van der Waals surface area contributed by atoms with Gasteiger partial charge in [-0.25, -0.2) is 9.97 Å². The molecule has 5 nitrogen and oxygen atoms in total. The van der Waals surface area contributed by atoms with Gasteiger partial charge in [0.1, 0.15) is 0 Å². The zero-order chi connectivity index (χ0) is 12.4. The highest BCUT2D eigenvalue weighted by Crippen LogP contribution is 2.16. The van der Waals surface area contributed by atoms with Gasteiger partial charge in [0.15, 0.2) is 0 Å². The second kappa shape index (κ2) is 5.50. The summed E-state index contributed by atoms with van der Waals surface area (Å²) in [5.41, 5.74) is 0. The molecule has 0 amide bonds. The topological polar surface area (TPSA) is 44.3 Å². The van der Waals surface area contributed by atoms with Gasteiger partial charge in [-0.1, -0.05) is 0 Å². The van der Waals surface area contributed by atoms with Gasteiger partial charge in [0.2, 0.25) is 5.95 Å². The molecule has 0 spiro atoms. The highest BCUT2D eigenvalue weighted by atomic mass is 79.9. The molecule has 1 aromatic rings. The van der Waals surface area contributed by atoms with Crippen molar-refractivity contribution in [3.63, 3.8) is 0 Å². The Morgan fingerprint density at radius 1 is 1.17 bits per heavy atom. The standard InChI is InChI=1S/C12H18BrN5/c13-10-7-15-12(16-8-10)18-5-3-17(4-6-18)11-1-2-14-9-11/h7-8,11,14H,1-6,9H2. The third-order valence-electron chi connectivity index (χ3n) is 3.75. The van der Waals surface area contributed by atoms with E-state index in [1.807, 2.05) is 12.4 Å². The summed E-state index contributed by atoms with van der Waals surface area (Å²) < 4.78 is 0.932. The maximum atomic E-state index is 4.36. The number of hydrogen-bond acceptors (Lipinski definition) is 5. The smallest absolute Gasteiger partial charge is 0.225 e. The summed E-state index contributed by atoms with van der Waals surface area (Å²) in [6.07, 6.45) is 4.92. The molecule has 0 aliphatic carbocycles. The maximum absolute atomic E-state index is 4.36. The lowest BCUT2D eigenvalue weighted by molar-refractivity contribution is 0.196. The molecule has 6 heteroatoms. The third kappa shape index (κ3) is 2.65. The Labute approximate surface area is 116 Å². The largest absolute Gasteiger partial charge is 0.338 e. The monoisotopic (exact) mass is 311 g/mol. The number of halogens is 1. The average Bonchev–Trinajstić information content (AvgIpc) is 2.94. The van der Waals surface area contributed by atoms with Crippen LogP contribution in [0.15, 0.2) is 16.9 Å². The van der Waals surface area contributed by atoms with E-state index in [1.165, 1.54) is 13.0 Å². The molecular weight excluding hydrogens is 294 g/mol. The van der Waals surface area contributed by atoms with Gasteiger partial charge in [-0.2, -0.15) is 0 Å². The van der Waals surface area contributed by atoms with E-state index in [-0.39, 0.29) is 0 Å².